The Morgan fingerprint density at radius 1 is 1.15 bits per heavy atom. The van der Waals surface area contributed by atoms with Crippen molar-refractivity contribution in [1.29, 1.82) is 10.8 Å². The lowest BCUT2D eigenvalue weighted by molar-refractivity contribution is 0.384. The molecule has 0 aliphatic rings. The molecule has 0 atom stereocenters. The fourth-order valence-corrected chi connectivity index (χ4v) is 2.01. The van der Waals surface area contributed by atoms with Crippen LogP contribution in [0, 0.1) is 10.8 Å². The summed E-state index contributed by atoms with van der Waals surface area (Å²) in [7, 11) is 0. The Balaban J connectivity index is 2.58. The highest BCUT2D eigenvalue weighted by Crippen LogP contribution is 2.07. The first-order valence-electron chi connectivity index (χ1n) is 7.12. The van der Waals surface area contributed by atoms with E-state index < -0.39 is 0 Å². The summed E-state index contributed by atoms with van der Waals surface area (Å²) in [5.74, 6) is -0.000489. The Morgan fingerprint density at radius 2 is 1.85 bits per heavy atom. The SMILES string of the molecule is CCCCCCN(Cc1ccccc1)C(=N)NC(=N)N. The van der Waals surface area contributed by atoms with Crippen LogP contribution in [-0.2, 0) is 6.54 Å². The molecule has 5 nitrogen and oxygen atoms in total. The molecule has 0 saturated heterocycles. The van der Waals surface area contributed by atoms with Crippen molar-refractivity contribution >= 4 is 11.9 Å². The van der Waals surface area contributed by atoms with Gasteiger partial charge < -0.3 is 10.6 Å². The maximum absolute atomic E-state index is 8.00. The van der Waals surface area contributed by atoms with Crippen LogP contribution in [0.25, 0.3) is 0 Å². The highest BCUT2D eigenvalue weighted by atomic mass is 15.3. The van der Waals surface area contributed by atoms with Crippen molar-refractivity contribution in [1.82, 2.24) is 10.2 Å². The molecule has 0 fully saturated rings. The van der Waals surface area contributed by atoms with Crippen LogP contribution in [0.5, 0.6) is 0 Å². The van der Waals surface area contributed by atoms with Gasteiger partial charge in [-0.15, -0.1) is 0 Å². The number of nitrogens with zero attached hydrogens (tertiary/aromatic N) is 1. The van der Waals surface area contributed by atoms with Crippen LogP contribution in [0.4, 0.5) is 0 Å². The third-order valence-electron chi connectivity index (χ3n) is 3.07. The quantitative estimate of drug-likeness (QED) is 0.350. The number of nitrogens with one attached hydrogen (secondary N) is 3. The van der Waals surface area contributed by atoms with E-state index in [-0.39, 0.29) is 11.9 Å². The summed E-state index contributed by atoms with van der Waals surface area (Å²) in [5, 5.41) is 17.8. The van der Waals surface area contributed by atoms with Gasteiger partial charge in [0.1, 0.15) is 0 Å². The highest BCUT2D eigenvalue weighted by molar-refractivity contribution is 5.94. The molecule has 0 bridgehead atoms. The predicted octanol–water partition coefficient (Wildman–Crippen LogP) is 2.49. The minimum absolute atomic E-state index is 0.192. The molecule has 0 spiro atoms. The lowest BCUT2D eigenvalue weighted by Crippen LogP contribution is -2.46. The van der Waals surface area contributed by atoms with Crippen LogP contribution in [0.15, 0.2) is 30.3 Å². The van der Waals surface area contributed by atoms with Crippen molar-refractivity contribution in [2.75, 3.05) is 6.54 Å². The molecule has 0 radical (unpaired) electrons. The van der Waals surface area contributed by atoms with E-state index in [4.69, 9.17) is 16.6 Å². The monoisotopic (exact) mass is 275 g/mol. The fourth-order valence-electron chi connectivity index (χ4n) is 2.01. The molecule has 20 heavy (non-hydrogen) atoms. The zero-order valence-electron chi connectivity index (χ0n) is 12.2. The number of hydrogen-bond acceptors (Lipinski definition) is 2. The first-order valence-corrected chi connectivity index (χ1v) is 7.12. The summed E-state index contributed by atoms with van der Waals surface area (Å²) < 4.78 is 0. The molecule has 110 valence electrons. The van der Waals surface area contributed by atoms with Crippen molar-refractivity contribution in [2.24, 2.45) is 5.73 Å². The smallest absolute Gasteiger partial charge is 0.198 e. The van der Waals surface area contributed by atoms with Gasteiger partial charge in [-0.2, -0.15) is 0 Å². The molecule has 1 aromatic rings. The van der Waals surface area contributed by atoms with Gasteiger partial charge in [0, 0.05) is 13.1 Å². The maximum atomic E-state index is 8.00. The summed E-state index contributed by atoms with van der Waals surface area (Å²) in [5.41, 5.74) is 6.46. The van der Waals surface area contributed by atoms with E-state index in [9.17, 15) is 0 Å². The first-order chi connectivity index (χ1) is 9.63. The van der Waals surface area contributed by atoms with Crippen molar-refractivity contribution in [2.45, 2.75) is 39.2 Å². The molecule has 0 aromatic heterocycles. The van der Waals surface area contributed by atoms with E-state index in [2.05, 4.69) is 12.2 Å². The number of hydrogen-bond donors (Lipinski definition) is 4. The minimum Gasteiger partial charge on any atom is -0.370 e. The van der Waals surface area contributed by atoms with Crippen molar-refractivity contribution < 1.29 is 0 Å². The number of nitrogens with two attached hydrogens (primary N) is 1. The Labute approximate surface area is 121 Å². The summed E-state index contributed by atoms with van der Waals surface area (Å²) in [6.07, 6.45) is 4.62. The lowest BCUT2D eigenvalue weighted by Gasteiger charge is -2.25. The normalized spacial score (nSPS) is 10.1. The first kappa shape index (κ1) is 16.0. The highest BCUT2D eigenvalue weighted by Gasteiger charge is 2.10. The van der Waals surface area contributed by atoms with E-state index in [1.165, 1.54) is 12.8 Å². The van der Waals surface area contributed by atoms with Gasteiger partial charge >= 0.3 is 0 Å². The van der Waals surface area contributed by atoms with Gasteiger partial charge in [-0.1, -0.05) is 56.5 Å². The zero-order chi connectivity index (χ0) is 14.8. The third kappa shape index (κ3) is 6.22. The Hall–Kier alpha value is -2.04. The summed E-state index contributed by atoms with van der Waals surface area (Å²) in [4.78, 5) is 1.92. The Kier molecular flexibility index (Phi) is 7.17. The second-order valence-electron chi connectivity index (χ2n) is 4.86. The van der Waals surface area contributed by atoms with E-state index >= 15 is 0 Å². The van der Waals surface area contributed by atoms with E-state index in [1.54, 1.807) is 0 Å². The van der Waals surface area contributed by atoms with Crippen LogP contribution in [0.3, 0.4) is 0 Å². The lowest BCUT2D eigenvalue weighted by atomic mass is 10.2. The molecule has 1 aromatic carbocycles. The zero-order valence-corrected chi connectivity index (χ0v) is 12.2. The molecule has 1 rings (SSSR count). The maximum Gasteiger partial charge on any atom is 0.198 e. The van der Waals surface area contributed by atoms with Gasteiger partial charge in [-0.05, 0) is 12.0 Å². The molecule has 0 heterocycles. The molecule has 0 aliphatic heterocycles. The average molecular weight is 275 g/mol. The molecular formula is C15H25N5. The second-order valence-corrected chi connectivity index (χ2v) is 4.86. The van der Waals surface area contributed by atoms with Crippen molar-refractivity contribution in [3.05, 3.63) is 35.9 Å². The number of unbranched alkanes of at least 4 members (excludes halogenated alkanes) is 3. The second kappa shape index (κ2) is 8.96. The van der Waals surface area contributed by atoms with Crippen LogP contribution >= 0.6 is 0 Å². The van der Waals surface area contributed by atoms with Gasteiger partial charge in [0.15, 0.2) is 11.9 Å². The third-order valence-corrected chi connectivity index (χ3v) is 3.07. The molecule has 0 saturated carbocycles. The molecule has 5 heteroatoms. The van der Waals surface area contributed by atoms with E-state index in [0.29, 0.717) is 6.54 Å². The van der Waals surface area contributed by atoms with Crippen molar-refractivity contribution in [3.63, 3.8) is 0 Å². The van der Waals surface area contributed by atoms with Gasteiger partial charge in [-0.3, -0.25) is 16.1 Å². The van der Waals surface area contributed by atoms with Gasteiger partial charge in [0.25, 0.3) is 0 Å². The number of rotatable bonds is 7. The standard InChI is InChI=1S/C15H25N5/c1-2-3-4-8-11-20(15(18)19-14(16)17)12-13-9-6-5-7-10-13/h5-7,9-10H,2-4,8,11-12H2,1H3,(H5,16,17,18,19). The minimum atomic E-state index is -0.193. The molecule has 0 amide bonds. The Morgan fingerprint density at radius 3 is 2.45 bits per heavy atom. The van der Waals surface area contributed by atoms with Crippen LogP contribution in [-0.4, -0.2) is 23.4 Å². The Bertz CT molecular complexity index is 416. The van der Waals surface area contributed by atoms with E-state index in [1.807, 2.05) is 35.2 Å². The molecule has 0 unspecified atom stereocenters. The predicted molar refractivity (Wildman–Crippen MR) is 83.8 cm³/mol. The summed E-state index contributed by atoms with van der Waals surface area (Å²) in [6, 6.07) is 10.0. The summed E-state index contributed by atoms with van der Waals surface area (Å²) >= 11 is 0. The summed E-state index contributed by atoms with van der Waals surface area (Å²) in [6.45, 7) is 3.64. The van der Waals surface area contributed by atoms with Crippen LogP contribution in [0.2, 0.25) is 0 Å². The van der Waals surface area contributed by atoms with Crippen LogP contribution < -0.4 is 11.1 Å². The largest absolute Gasteiger partial charge is 0.370 e. The van der Waals surface area contributed by atoms with Gasteiger partial charge in [-0.25, -0.2) is 0 Å². The fraction of sp³-hybridized carbons (Fsp3) is 0.467. The average Bonchev–Trinajstić information content (AvgIpc) is 2.42. The van der Waals surface area contributed by atoms with E-state index in [0.717, 1.165) is 24.9 Å². The molecule has 5 N–H and O–H groups in total. The van der Waals surface area contributed by atoms with Crippen LogP contribution in [0.1, 0.15) is 38.2 Å². The molecular weight excluding hydrogens is 250 g/mol. The van der Waals surface area contributed by atoms with Gasteiger partial charge in [0.2, 0.25) is 0 Å². The van der Waals surface area contributed by atoms with Crippen molar-refractivity contribution in [3.8, 4) is 0 Å². The topological polar surface area (TPSA) is 89.0 Å². The number of guanidine groups is 2. The number of benzene rings is 1. The van der Waals surface area contributed by atoms with Gasteiger partial charge in [0.05, 0.1) is 0 Å². The molecule has 0 aliphatic carbocycles.